The predicted octanol–water partition coefficient (Wildman–Crippen LogP) is 18.7. The van der Waals surface area contributed by atoms with Gasteiger partial charge in [-0.15, -0.1) is 0 Å². The molecule has 65 heavy (non-hydrogen) atoms. The van der Waals surface area contributed by atoms with Gasteiger partial charge < -0.3 is 14.2 Å². The van der Waals surface area contributed by atoms with Crippen molar-refractivity contribution in [2.24, 2.45) is 0 Å². The molecule has 0 saturated carbocycles. The van der Waals surface area contributed by atoms with Crippen LogP contribution in [-0.4, -0.2) is 37.2 Å². The van der Waals surface area contributed by atoms with Gasteiger partial charge in [-0.1, -0.05) is 236 Å². The molecule has 0 bridgehead atoms. The Morgan fingerprint density at radius 3 is 0.923 bits per heavy atom. The molecule has 0 heterocycles. The smallest absolute Gasteiger partial charge is 0.306 e. The normalized spacial score (nSPS) is 12.4. The Hall–Kier alpha value is -2.63. The van der Waals surface area contributed by atoms with Crippen molar-refractivity contribution in [1.82, 2.24) is 0 Å². The predicted molar refractivity (Wildman–Crippen MR) is 279 cm³/mol. The van der Waals surface area contributed by atoms with E-state index in [1.807, 2.05) is 0 Å². The monoisotopic (exact) mass is 911 g/mol. The summed E-state index contributed by atoms with van der Waals surface area (Å²) in [6, 6.07) is 0. The number of carbonyl (C=O) groups is 3. The molecule has 0 N–H and O–H groups in total. The molecular weight excluding hydrogens is 805 g/mol. The van der Waals surface area contributed by atoms with Gasteiger partial charge in [-0.3, -0.25) is 14.4 Å². The molecule has 0 unspecified atom stereocenters. The fraction of sp³-hybridized carbons (Fsp3) is 0.814. The molecule has 0 aromatic carbocycles. The van der Waals surface area contributed by atoms with E-state index in [1.165, 1.54) is 167 Å². The van der Waals surface area contributed by atoms with Crippen LogP contribution in [0, 0.1) is 0 Å². The van der Waals surface area contributed by atoms with Gasteiger partial charge in [0, 0.05) is 19.3 Å². The van der Waals surface area contributed by atoms with E-state index < -0.39 is 6.10 Å². The number of rotatable bonds is 51. The van der Waals surface area contributed by atoms with Crippen molar-refractivity contribution < 1.29 is 28.6 Å². The molecule has 0 aliphatic heterocycles. The quantitative estimate of drug-likeness (QED) is 0.0262. The van der Waals surface area contributed by atoms with Crippen LogP contribution in [0.4, 0.5) is 0 Å². The van der Waals surface area contributed by atoms with Gasteiger partial charge in [0.25, 0.3) is 0 Å². The molecular formula is C59H106O6. The minimum Gasteiger partial charge on any atom is -0.462 e. The number of allylic oxidation sites excluding steroid dienone is 8. The summed E-state index contributed by atoms with van der Waals surface area (Å²) in [5.41, 5.74) is 0. The van der Waals surface area contributed by atoms with Crippen LogP contribution in [0.1, 0.15) is 290 Å². The van der Waals surface area contributed by atoms with Gasteiger partial charge in [0.15, 0.2) is 6.10 Å². The maximum atomic E-state index is 12.8. The zero-order valence-electron chi connectivity index (χ0n) is 43.3. The summed E-state index contributed by atoms with van der Waals surface area (Å²) in [6.45, 7) is 6.61. The lowest BCUT2D eigenvalue weighted by atomic mass is 10.0. The molecule has 6 heteroatoms. The number of carbonyl (C=O) groups excluding carboxylic acids is 3. The maximum Gasteiger partial charge on any atom is 0.306 e. The highest BCUT2D eigenvalue weighted by Crippen LogP contribution is 2.16. The van der Waals surface area contributed by atoms with Gasteiger partial charge in [0.05, 0.1) is 0 Å². The number of esters is 3. The zero-order chi connectivity index (χ0) is 47.2. The SMILES string of the molecule is CCCCC/C=C/C/C=C/C/C=C/CCCCCCC(=O)OC[C@@H](COC(=O)CCCCCCCCCCCCCCCCC)OC(=O)CCCCCCCCC/C=C/CCCCCC. The van der Waals surface area contributed by atoms with E-state index >= 15 is 0 Å². The molecule has 6 nitrogen and oxygen atoms in total. The van der Waals surface area contributed by atoms with E-state index in [9.17, 15) is 14.4 Å². The van der Waals surface area contributed by atoms with Crippen LogP contribution in [0.15, 0.2) is 48.6 Å². The van der Waals surface area contributed by atoms with E-state index in [2.05, 4.69) is 69.4 Å². The first-order valence-electron chi connectivity index (χ1n) is 28.1. The molecule has 0 spiro atoms. The van der Waals surface area contributed by atoms with Crippen LogP contribution in [0.25, 0.3) is 0 Å². The summed E-state index contributed by atoms with van der Waals surface area (Å²) < 4.78 is 16.8. The van der Waals surface area contributed by atoms with Crippen molar-refractivity contribution in [2.75, 3.05) is 13.2 Å². The van der Waals surface area contributed by atoms with Crippen LogP contribution in [0.5, 0.6) is 0 Å². The van der Waals surface area contributed by atoms with E-state index in [1.54, 1.807) is 0 Å². The molecule has 0 rings (SSSR count). The number of ether oxygens (including phenoxy) is 3. The lowest BCUT2D eigenvalue weighted by Crippen LogP contribution is -2.30. The molecule has 0 aromatic heterocycles. The van der Waals surface area contributed by atoms with Crippen molar-refractivity contribution in [2.45, 2.75) is 297 Å². The summed E-state index contributed by atoms with van der Waals surface area (Å²) in [5.74, 6) is -0.893. The lowest BCUT2D eigenvalue weighted by Gasteiger charge is -2.18. The minimum atomic E-state index is -0.782. The minimum absolute atomic E-state index is 0.0792. The lowest BCUT2D eigenvalue weighted by molar-refractivity contribution is -0.167. The fourth-order valence-electron chi connectivity index (χ4n) is 8.03. The van der Waals surface area contributed by atoms with Crippen LogP contribution in [-0.2, 0) is 28.6 Å². The van der Waals surface area contributed by atoms with Gasteiger partial charge >= 0.3 is 17.9 Å². The highest BCUT2D eigenvalue weighted by Gasteiger charge is 2.19. The number of hydrogen-bond acceptors (Lipinski definition) is 6. The van der Waals surface area contributed by atoms with E-state index in [-0.39, 0.29) is 31.1 Å². The molecule has 378 valence electrons. The Bertz CT molecular complexity index is 1140. The van der Waals surface area contributed by atoms with Crippen LogP contribution in [0.2, 0.25) is 0 Å². The van der Waals surface area contributed by atoms with Gasteiger partial charge in [-0.25, -0.2) is 0 Å². The van der Waals surface area contributed by atoms with Crippen LogP contribution in [0.3, 0.4) is 0 Å². The Labute approximate surface area is 403 Å². The molecule has 0 fully saturated rings. The first-order chi connectivity index (χ1) is 32.0. The molecule has 0 aliphatic carbocycles. The third-order valence-corrected chi connectivity index (χ3v) is 12.3. The number of unbranched alkanes of at least 4 members (excludes halogenated alkanes) is 32. The molecule has 0 radical (unpaired) electrons. The first-order valence-corrected chi connectivity index (χ1v) is 28.1. The van der Waals surface area contributed by atoms with E-state index in [4.69, 9.17) is 14.2 Å². The molecule has 0 saturated heterocycles. The third-order valence-electron chi connectivity index (χ3n) is 12.3. The Kier molecular flexibility index (Phi) is 51.8. The van der Waals surface area contributed by atoms with Crippen molar-refractivity contribution in [3.8, 4) is 0 Å². The fourth-order valence-corrected chi connectivity index (χ4v) is 8.03. The van der Waals surface area contributed by atoms with Crippen molar-refractivity contribution in [1.29, 1.82) is 0 Å². The average molecular weight is 911 g/mol. The standard InChI is InChI=1S/C59H106O6/c1-4-7-10-13-16-19-22-25-28-29-32-34-37-40-43-46-49-52-58(61)64-55-56(65-59(62)53-50-47-44-41-38-35-31-27-24-21-18-15-12-9-6-3)54-63-57(60)51-48-45-42-39-36-33-30-26-23-20-17-14-11-8-5-2/h16,19,21,24-25,28,32,34,56H,4-15,17-18,20,22-23,26-27,29-31,33,35-55H2,1-3H3/b19-16+,24-21+,28-25+,34-32+/t56-/m1/s1. The summed E-state index contributed by atoms with van der Waals surface area (Å²) >= 11 is 0. The zero-order valence-corrected chi connectivity index (χ0v) is 43.3. The average Bonchev–Trinajstić information content (AvgIpc) is 3.30. The van der Waals surface area contributed by atoms with Crippen molar-refractivity contribution in [3.05, 3.63) is 48.6 Å². The van der Waals surface area contributed by atoms with Gasteiger partial charge in [0.1, 0.15) is 13.2 Å². The largest absolute Gasteiger partial charge is 0.462 e. The summed E-state index contributed by atoms with van der Waals surface area (Å²) in [7, 11) is 0. The number of hydrogen-bond donors (Lipinski definition) is 0. The topological polar surface area (TPSA) is 78.9 Å². The van der Waals surface area contributed by atoms with Crippen LogP contribution < -0.4 is 0 Å². The third kappa shape index (κ3) is 52.2. The highest BCUT2D eigenvalue weighted by atomic mass is 16.6. The van der Waals surface area contributed by atoms with Gasteiger partial charge in [0.2, 0.25) is 0 Å². The second-order valence-electron chi connectivity index (χ2n) is 18.8. The summed E-state index contributed by atoms with van der Waals surface area (Å²) in [5, 5.41) is 0. The Morgan fingerprint density at radius 1 is 0.308 bits per heavy atom. The van der Waals surface area contributed by atoms with E-state index in [0.29, 0.717) is 19.3 Å². The molecule has 0 amide bonds. The summed E-state index contributed by atoms with van der Waals surface area (Å²) in [6.07, 6.45) is 65.2. The second kappa shape index (κ2) is 54.0. The maximum absolute atomic E-state index is 12.8. The van der Waals surface area contributed by atoms with Crippen LogP contribution >= 0.6 is 0 Å². The van der Waals surface area contributed by atoms with Gasteiger partial charge in [-0.05, 0) is 83.5 Å². The molecule has 0 aliphatic rings. The van der Waals surface area contributed by atoms with Crippen molar-refractivity contribution in [3.63, 3.8) is 0 Å². The first kappa shape index (κ1) is 62.4. The second-order valence-corrected chi connectivity index (χ2v) is 18.8. The summed E-state index contributed by atoms with van der Waals surface area (Å²) in [4.78, 5) is 38.1. The van der Waals surface area contributed by atoms with E-state index in [0.717, 1.165) is 83.5 Å². The Morgan fingerprint density at radius 2 is 0.554 bits per heavy atom. The molecule has 1 atom stereocenters. The highest BCUT2D eigenvalue weighted by molar-refractivity contribution is 5.71. The van der Waals surface area contributed by atoms with Crippen molar-refractivity contribution >= 4 is 17.9 Å². The molecule has 0 aromatic rings. The van der Waals surface area contributed by atoms with Gasteiger partial charge in [-0.2, -0.15) is 0 Å². The Balaban J connectivity index is 4.40.